The fraction of sp³-hybridized carbons (Fsp3) is 0.778. The fourth-order valence-electron chi connectivity index (χ4n) is 4.34. The number of hydrogen-bond acceptors (Lipinski definition) is 4. The molecule has 5 nitrogen and oxygen atoms in total. The van der Waals surface area contributed by atoms with Gasteiger partial charge in [0.1, 0.15) is 0 Å². The van der Waals surface area contributed by atoms with Gasteiger partial charge in [0.25, 0.3) is 0 Å². The van der Waals surface area contributed by atoms with Gasteiger partial charge in [0.2, 0.25) is 0 Å². The van der Waals surface area contributed by atoms with Crippen LogP contribution in [0, 0.1) is 0 Å². The molecule has 0 amide bonds. The van der Waals surface area contributed by atoms with Crippen LogP contribution in [0.5, 0.6) is 0 Å². The Morgan fingerprint density at radius 3 is 2.87 bits per heavy atom. The average Bonchev–Trinajstić information content (AvgIpc) is 2.91. The summed E-state index contributed by atoms with van der Waals surface area (Å²) < 4.78 is 0. The number of allylic oxidation sites excluding steroid dienone is 1. The van der Waals surface area contributed by atoms with Gasteiger partial charge >= 0.3 is 5.97 Å². The molecule has 5 heteroatoms. The fourth-order valence-corrected chi connectivity index (χ4v) is 4.34. The highest BCUT2D eigenvalue weighted by atomic mass is 16.4. The number of hydrogen-bond donors (Lipinski definition) is 2. The van der Waals surface area contributed by atoms with E-state index in [1.807, 2.05) is 6.92 Å². The lowest BCUT2D eigenvalue weighted by atomic mass is 9.96. The van der Waals surface area contributed by atoms with E-state index in [0.717, 1.165) is 25.0 Å². The summed E-state index contributed by atoms with van der Waals surface area (Å²) >= 11 is 0. The Morgan fingerprint density at radius 1 is 1.35 bits per heavy atom. The number of unbranched alkanes of at least 4 members (excludes halogenated alkanes) is 4. The maximum absolute atomic E-state index is 11.5. The van der Waals surface area contributed by atoms with E-state index in [2.05, 4.69) is 22.1 Å². The number of rotatable bonds is 7. The van der Waals surface area contributed by atoms with E-state index >= 15 is 0 Å². The van der Waals surface area contributed by atoms with Crippen molar-refractivity contribution in [2.75, 3.05) is 0 Å². The third-order valence-corrected chi connectivity index (χ3v) is 5.46. The molecule has 0 aromatic rings. The number of carbonyl (C=O) groups is 1. The van der Waals surface area contributed by atoms with Gasteiger partial charge < -0.3 is 10.0 Å². The summed E-state index contributed by atoms with van der Waals surface area (Å²) in [6, 6.07) is 0.980. The lowest BCUT2D eigenvalue weighted by Crippen LogP contribution is -2.58. The van der Waals surface area contributed by atoms with E-state index in [4.69, 9.17) is 0 Å². The highest BCUT2D eigenvalue weighted by Gasteiger charge is 2.44. The lowest BCUT2D eigenvalue weighted by molar-refractivity contribution is -0.132. The molecule has 0 spiro atoms. The average molecular weight is 319 g/mol. The molecule has 3 rings (SSSR count). The topological polar surface area (TPSA) is 64.9 Å². The molecule has 0 aromatic heterocycles. The van der Waals surface area contributed by atoms with Crippen LogP contribution in [0.15, 0.2) is 16.3 Å². The number of carboxylic acids is 1. The molecule has 2 saturated heterocycles. The van der Waals surface area contributed by atoms with E-state index < -0.39 is 5.97 Å². The van der Waals surface area contributed by atoms with Crippen LogP contribution in [-0.4, -0.2) is 40.1 Å². The number of aliphatic carboxylic acids is 1. The predicted molar refractivity (Wildman–Crippen MR) is 91.3 cm³/mol. The second-order valence-corrected chi connectivity index (χ2v) is 7.12. The van der Waals surface area contributed by atoms with E-state index in [1.54, 1.807) is 0 Å². The highest BCUT2D eigenvalue weighted by Crippen LogP contribution is 2.40. The third kappa shape index (κ3) is 3.30. The Balaban J connectivity index is 1.63. The second kappa shape index (κ2) is 7.04. The summed E-state index contributed by atoms with van der Waals surface area (Å²) in [5.74, 6) is -0.835. The molecule has 23 heavy (non-hydrogen) atoms. The predicted octanol–water partition coefficient (Wildman–Crippen LogP) is 3.27. The SMILES string of the molecule is CCCCCCCC1CC2CCC3=C(C(=O)O)C(C)=NC(N1)N32. The number of aliphatic imine (C=N–C) groups is 1. The van der Waals surface area contributed by atoms with Gasteiger partial charge in [-0.3, -0.25) is 5.32 Å². The van der Waals surface area contributed by atoms with Gasteiger partial charge in [-0.05, 0) is 32.6 Å². The molecule has 3 atom stereocenters. The van der Waals surface area contributed by atoms with Crippen molar-refractivity contribution in [1.82, 2.24) is 10.2 Å². The molecule has 3 heterocycles. The van der Waals surface area contributed by atoms with Gasteiger partial charge in [-0.25, -0.2) is 9.79 Å². The highest BCUT2D eigenvalue weighted by molar-refractivity contribution is 6.19. The molecule has 3 aliphatic heterocycles. The van der Waals surface area contributed by atoms with Crippen LogP contribution >= 0.6 is 0 Å². The van der Waals surface area contributed by atoms with Gasteiger partial charge in [-0.1, -0.05) is 39.0 Å². The van der Waals surface area contributed by atoms with Crippen LogP contribution in [0.4, 0.5) is 0 Å². The first-order valence-electron chi connectivity index (χ1n) is 9.17. The molecule has 2 N–H and O–H groups in total. The molecular weight excluding hydrogens is 290 g/mol. The van der Waals surface area contributed by atoms with E-state index in [9.17, 15) is 9.90 Å². The Hall–Kier alpha value is -1.36. The first-order chi connectivity index (χ1) is 11.1. The van der Waals surface area contributed by atoms with Crippen molar-refractivity contribution in [3.63, 3.8) is 0 Å². The number of carboxylic acid groups (broad SMARTS) is 1. The smallest absolute Gasteiger partial charge is 0.339 e. The Bertz CT molecular complexity index is 526. The minimum absolute atomic E-state index is 0.0463. The largest absolute Gasteiger partial charge is 0.478 e. The molecule has 3 unspecified atom stereocenters. The van der Waals surface area contributed by atoms with Crippen LogP contribution in [0.25, 0.3) is 0 Å². The second-order valence-electron chi connectivity index (χ2n) is 7.12. The molecular formula is C18H29N3O2. The Labute approximate surface area is 138 Å². The van der Waals surface area contributed by atoms with E-state index in [1.165, 1.54) is 38.5 Å². The van der Waals surface area contributed by atoms with Crippen LogP contribution in [0.2, 0.25) is 0 Å². The summed E-state index contributed by atoms with van der Waals surface area (Å²) in [6.07, 6.45) is 10.8. The quantitative estimate of drug-likeness (QED) is 0.707. The molecule has 3 aliphatic rings. The number of nitrogens with zero attached hydrogens (tertiary/aromatic N) is 2. The van der Waals surface area contributed by atoms with Gasteiger partial charge in [0.15, 0.2) is 6.29 Å². The van der Waals surface area contributed by atoms with Gasteiger partial charge in [0.05, 0.1) is 11.3 Å². The summed E-state index contributed by atoms with van der Waals surface area (Å²) in [6.45, 7) is 4.08. The van der Waals surface area contributed by atoms with Crippen molar-refractivity contribution in [3.8, 4) is 0 Å². The first-order valence-corrected chi connectivity index (χ1v) is 9.17. The molecule has 0 aliphatic carbocycles. The summed E-state index contributed by atoms with van der Waals surface area (Å²) in [5, 5.41) is 13.1. The monoisotopic (exact) mass is 319 g/mol. The van der Waals surface area contributed by atoms with Crippen molar-refractivity contribution >= 4 is 11.7 Å². The standard InChI is InChI=1S/C18H29N3O2/c1-3-4-5-6-7-8-13-11-14-9-10-15-16(17(22)23)12(2)19-18(20-13)21(14)15/h13-14,18,20H,3-11H2,1-2H3,(H,22,23). The van der Waals surface area contributed by atoms with Gasteiger partial charge in [-0.2, -0.15) is 0 Å². The summed E-state index contributed by atoms with van der Waals surface area (Å²) in [5.41, 5.74) is 2.10. The lowest BCUT2D eigenvalue weighted by Gasteiger charge is -2.45. The van der Waals surface area contributed by atoms with Crippen molar-refractivity contribution in [3.05, 3.63) is 11.3 Å². The van der Waals surface area contributed by atoms with Crippen LogP contribution in [-0.2, 0) is 4.79 Å². The molecule has 2 fully saturated rings. The van der Waals surface area contributed by atoms with Crippen molar-refractivity contribution in [1.29, 1.82) is 0 Å². The third-order valence-electron chi connectivity index (χ3n) is 5.46. The van der Waals surface area contributed by atoms with Crippen molar-refractivity contribution in [2.45, 2.75) is 90.0 Å². The van der Waals surface area contributed by atoms with Gasteiger partial charge in [0, 0.05) is 17.8 Å². The van der Waals surface area contributed by atoms with Gasteiger partial charge in [-0.15, -0.1) is 0 Å². The zero-order valence-corrected chi connectivity index (χ0v) is 14.3. The summed E-state index contributed by atoms with van der Waals surface area (Å²) in [7, 11) is 0. The molecule has 0 aromatic carbocycles. The minimum Gasteiger partial charge on any atom is -0.478 e. The zero-order chi connectivity index (χ0) is 16.4. The maximum Gasteiger partial charge on any atom is 0.339 e. The minimum atomic E-state index is -0.835. The van der Waals surface area contributed by atoms with Crippen molar-refractivity contribution in [2.24, 2.45) is 4.99 Å². The zero-order valence-electron chi connectivity index (χ0n) is 14.3. The molecule has 0 bridgehead atoms. The molecule has 128 valence electrons. The van der Waals surface area contributed by atoms with E-state index in [-0.39, 0.29) is 6.29 Å². The van der Waals surface area contributed by atoms with Crippen LogP contribution < -0.4 is 5.32 Å². The van der Waals surface area contributed by atoms with Crippen LogP contribution in [0.3, 0.4) is 0 Å². The first kappa shape index (κ1) is 16.5. The normalized spacial score (nSPS) is 29.6. The Morgan fingerprint density at radius 2 is 2.13 bits per heavy atom. The molecule has 0 saturated carbocycles. The van der Waals surface area contributed by atoms with Crippen molar-refractivity contribution < 1.29 is 9.90 Å². The van der Waals surface area contributed by atoms with E-state index in [0.29, 0.717) is 23.4 Å². The number of nitrogens with one attached hydrogen (secondary N) is 1. The summed E-state index contributed by atoms with van der Waals surface area (Å²) in [4.78, 5) is 18.4. The maximum atomic E-state index is 11.5. The van der Waals surface area contributed by atoms with Crippen LogP contribution in [0.1, 0.15) is 71.6 Å². The Kier molecular flexibility index (Phi) is 5.05. The molecule has 0 radical (unpaired) electrons.